The molecule has 21 heavy (non-hydrogen) atoms. The van der Waals surface area contributed by atoms with Gasteiger partial charge in [-0.25, -0.2) is 0 Å². The van der Waals surface area contributed by atoms with Gasteiger partial charge in [0.15, 0.2) is 0 Å². The van der Waals surface area contributed by atoms with E-state index in [1.165, 1.54) is 0 Å². The number of aliphatic hydroxyl groups is 1. The number of hydrogen-bond acceptors (Lipinski definition) is 8. The number of nitrogens with two attached hydrogens (primary N) is 1. The second-order valence-electron chi connectivity index (χ2n) is 2.66. The van der Waals surface area contributed by atoms with Gasteiger partial charge in [-0.05, 0) is 34.6 Å². The van der Waals surface area contributed by atoms with Crippen LogP contribution >= 0.6 is 15.2 Å². The summed E-state index contributed by atoms with van der Waals surface area (Å²) in [5, 5.41) is 5.22. The van der Waals surface area contributed by atoms with Crippen molar-refractivity contribution in [1.29, 1.82) is 0 Å². The summed E-state index contributed by atoms with van der Waals surface area (Å²) in [7, 11) is -11.9. The fraction of sp³-hybridized carbons (Fsp3) is 1.00. The molecule has 0 radical (unpaired) electrons. The molecule has 0 aromatic rings. The predicted octanol–water partition coefficient (Wildman–Crippen LogP) is -18.3. The van der Waals surface area contributed by atoms with E-state index in [1.807, 2.05) is 0 Å². The average molecular weight is 391 g/mol. The second kappa shape index (κ2) is 20.4. The van der Waals surface area contributed by atoms with Crippen molar-refractivity contribution >= 4 is 15.2 Å². The van der Waals surface area contributed by atoms with E-state index in [9.17, 15) is 28.7 Å². The fourth-order valence-corrected chi connectivity index (χ4v) is 2.83. The van der Waals surface area contributed by atoms with Crippen molar-refractivity contribution < 1.29 is 168 Å². The fourth-order valence-electron chi connectivity index (χ4n) is 0.763. The van der Waals surface area contributed by atoms with E-state index in [1.54, 1.807) is 0 Å². The van der Waals surface area contributed by atoms with Crippen molar-refractivity contribution in [3.05, 3.63) is 0 Å². The monoisotopic (exact) mass is 391 g/mol. The molecule has 110 valence electrons. The third-order valence-electron chi connectivity index (χ3n) is 1.59. The van der Waals surface area contributed by atoms with E-state index in [2.05, 4.69) is 0 Å². The Kier molecular flexibility index (Phi) is 48.5. The van der Waals surface area contributed by atoms with E-state index in [0.29, 0.717) is 0 Å². The Morgan fingerprint density at radius 3 is 1.24 bits per heavy atom. The van der Waals surface area contributed by atoms with Gasteiger partial charge in [0.1, 0.15) is 5.08 Å². The van der Waals surface area contributed by atoms with Gasteiger partial charge in [-0.3, -0.25) is 0 Å². The van der Waals surface area contributed by atoms with Gasteiger partial charge in [0.2, 0.25) is 0 Å². The topological polar surface area (TPSA) is 267 Å². The normalized spacial score (nSPS) is 9.62. The third kappa shape index (κ3) is 16.0. The molecule has 0 aromatic heterocycles. The van der Waals surface area contributed by atoms with Gasteiger partial charge in [0, 0.05) is 0 Å². The van der Waals surface area contributed by atoms with Crippen LogP contribution < -0.4 is 144 Å². The first-order valence-corrected chi connectivity index (χ1v) is 6.61. The van der Waals surface area contributed by atoms with Gasteiger partial charge in [-0.1, -0.05) is 0 Å². The number of hydrogen-bond donors (Lipinski definition) is 2. The van der Waals surface area contributed by atoms with Crippen LogP contribution in [0.25, 0.3) is 0 Å². The Hall–Kier alpha value is 4.10. The molecule has 0 atom stereocenters. The molecule has 0 amide bonds. The van der Waals surface area contributed by atoms with Crippen LogP contribution in [0.5, 0.6) is 0 Å². The molecular weight excluding hydrogens is 376 g/mol. The molecule has 0 aromatic carbocycles. The standard InChI is InChI=1S/C4H13NO7P2.4Na.3H2O/c5-3-1-2-4(6,13(7,8)9)14(10,11)12;;;;;;;/h6H,1-3,5H2,(H2,7,8,9)(H2,10,11,12);;;;;3*1H2/q;4*+1;;;/p-4. The van der Waals surface area contributed by atoms with Crippen LogP contribution in [0.2, 0.25) is 0 Å². The zero-order chi connectivity index (χ0) is 11.6. The maximum absolute atomic E-state index is 10.4. The van der Waals surface area contributed by atoms with Gasteiger partial charge in [0.05, 0.1) is 0 Å². The van der Waals surface area contributed by atoms with Crippen LogP contribution in [0.3, 0.4) is 0 Å². The van der Waals surface area contributed by atoms with Crippen molar-refractivity contribution in [3.8, 4) is 0 Å². The summed E-state index contributed by atoms with van der Waals surface area (Å²) in [6, 6.07) is 0. The van der Waals surface area contributed by atoms with Gasteiger partial charge in [-0.2, -0.15) is 0 Å². The largest absolute Gasteiger partial charge is 1.00 e. The SMILES string of the molecule is NCCCC(O)(P(=O)([O-])[O-])P(=O)([O-])[O-].O.O.O.[Na+].[Na+].[Na+].[Na+]. The van der Waals surface area contributed by atoms with Gasteiger partial charge < -0.3 is 56.0 Å². The molecular formula is C4H15NNa4O10P2. The van der Waals surface area contributed by atoms with Crippen LogP contribution in [0.1, 0.15) is 12.8 Å². The first kappa shape index (κ1) is 49.9. The summed E-state index contributed by atoms with van der Waals surface area (Å²) in [6.07, 6.45) is -1.27. The Labute approximate surface area is 210 Å². The molecule has 0 spiro atoms. The Balaban J connectivity index is -0.0000000402. The first-order chi connectivity index (χ1) is 6.06. The minimum atomic E-state index is -5.93. The van der Waals surface area contributed by atoms with E-state index < -0.39 is 26.7 Å². The van der Waals surface area contributed by atoms with Gasteiger partial charge in [0.25, 0.3) is 0 Å². The van der Waals surface area contributed by atoms with Gasteiger partial charge in [-0.15, -0.1) is 0 Å². The van der Waals surface area contributed by atoms with E-state index >= 15 is 0 Å². The van der Waals surface area contributed by atoms with E-state index in [4.69, 9.17) is 10.8 Å². The molecule has 0 unspecified atom stereocenters. The molecule has 0 aliphatic carbocycles. The zero-order valence-electron chi connectivity index (χ0n) is 12.5. The van der Waals surface area contributed by atoms with Crippen LogP contribution in [-0.2, 0) is 9.13 Å². The van der Waals surface area contributed by atoms with E-state index in [-0.39, 0.29) is 148 Å². The summed E-state index contributed by atoms with van der Waals surface area (Å²) < 4.78 is 20.8. The molecule has 0 saturated carbocycles. The molecule has 11 nitrogen and oxygen atoms in total. The molecule has 0 bridgehead atoms. The minimum Gasteiger partial charge on any atom is -0.808 e. The molecule has 0 aliphatic rings. The van der Waals surface area contributed by atoms with Crippen LogP contribution in [0, 0.1) is 0 Å². The van der Waals surface area contributed by atoms with Crippen molar-refractivity contribution in [2.75, 3.05) is 6.54 Å². The molecule has 17 heteroatoms. The molecule has 0 rings (SSSR count). The smallest absolute Gasteiger partial charge is 0.808 e. The van der Waals surface area contributed by atoms with Crippen molar-refractivity contribution in [1.82, 2.24) is 0 Å². The Morgan fingerprint density at radius 1 is 0.857 bits per heavy atom. The Bertz CT molecular complexity index is 275. The molecule has 0 saturated heterocycles. The maximum Gasteiger partial charge on any atom is 1.00 e. The quantitative estimate of drug-likeness (QED) is 0.334. The maximum atomic E-state index is 10.4. The molecule has 9 N–H and O–H groups in total. The summed E-state index contributed by atoms with van der Waals surface area (Å²) in [5.41, 5.74) is 4.92. The van der Waals surface area contributed by atoms with E-state index in [0.717, 1.165) is 0 Å². The van der Waals surface area contributed by atoms with Crippen molar-refractivity contribution in [3.63, 3.8) is 0 Å². The summed E-state index contributed by atoms with van der Waals surface area (Å²) in [4.78, 5) is 41.7. The second-order valence-corrected chi connectivity index (χ2v) is 6.48. The molecule has 0 heterocycles. The summed E-state index contributed by atoms with van der Waals surface area (Å²) >= 11 is 0. The Morgan fingerprint density at radius 2 is 1.10 bits per heavy atom. The molecule has 0 aliphatic heterocycles. The zero-order valence-corrected chi connectivity index (χ0v) is 22.3. The predicted molar refractivity (Wildman–Crippen MR) is 49.3 cm³/mol. The van der Waals surface area contributed by atoms with Crippen LogP contribution in [0.15, 0.2) is 0 Å². The van der Waals surface area contributed by atoms with Crippen LogP contribution in [-0.4, -0.2) is 33.2 Å². The van der Waals surface area contributed by atoms with Gasteiger partial charge >= 0.3 is 118 Å². The molecule has 0 fully saturated rings. The van der Waals surface area contributed by atoms with Crippen molar-refractivity contribution in [2.24, 2.45) is 5.73 Å². The summed E-state index contributed by atoms with van der Waals surface area (Å²) in [5.74, 6) is 0. The summed E-state index contributed by atoms with van der Waals surface area (Å²) in [6.45, 7) is -0.150. The van der Waals surface area contributed by atoms with Crippen molar-refractivity contribution in [2.45, 2.75) is 17.9 Å². The first-order valence-electron chi connectivity index (χ1n) is 3.53. The van der Waals surface area contributed by atoms with Crippen LogP contribution in [0.4, 0.5) is 0 Å². The minimum absolute atomic E-state index is 0. The number of rotatable bonds is 5. The third-order valence-corrected chi connectivity index (χ3v) is 5.26. The average Bonchev–Trinajstić information content (AvgIpc) is 1.95.